The molecule has 6 aromatic rings. The molecule has 0 saturated heterocycles. The predicted octanol–water partition coefficient (Wildman–Crippen LogP) is 12.5. The Morgan fingerprint density at radius 1 is 0.419 bits per heavy atom. The molecule has 0 heterocycles. The third kappa shape index (κ3) is 11.6. The number of carbonyl (C=O) groups is 2. The molecule has 0 atom stereocenters. The molecule has 8 nitrogen and oxygen atoms in total. The van der Waals surface area contributed by atoms with Crippen LogP contribution in [0.5, 0.6) is 0 Å². The molecule has 6 aromatic carbocycles. The molecule has 2 N–H and O–H groups in total. The Bertz CT molecular complexity index is 2590. The quantitative estimate of drug-likeness (QED) is 0.0561. The average Bonchev–Trinajstić information content (AvgIpc) is 3.30. The molecule has 6 rings (SSSR count). The maximum atomic E-state index is 11.2. The van der Waals surface area contributed by atoms with Gasteiger partial charge in [0, 0.05) is 35.8 Å². The number of hydrogen-bond donors (Lipinski definition) is 2. The molecule has 0 fully saturated rings. The lowest BCUT2D eigenvalue weighted by Crippen LogP contribution is -2.21. The monoisotopic (exact) mass is 812 g/mol. The molecule has 0 unspecified atom stereocenters. The Morgan fingerprint density at radius 2 is 0.645 bits per heavy atom. The fourth-order valence-corrected chi connectivity index (χ4v) is 6.64. The van der Waals surface area contributed by atoms with Crippen LogP contribution in [0.15, 0.2) is 157 Å². The largest absolute Gasteiger partial charge is 0.477 e. The SMILES string of the molecule is CCN(CC)c1ccc(/C=C/c2ccc(N(c3ccc(/C=C/c4ccc(/C=C(\C#N)C(=O)O)cc4)cc3)c3ccc(/C=C/c4ccc(/C=C(\C#N)C(=O)O)cc4)cc3)cc2)cc1. The maximum absolute atomic E-state index is 11.2. The van der Waals surface area contributed by atoms with E-state index in [1.165, 1.54) is 17.8 Å². The summed E-state index contributed by atoms with van der Waals surface area (Å²) in [7, 11) is 0. The highest BCUT2D eigenvalue weighted by Crippen LogP contribution is 2.35. The smallest absolute Gasteiger partial charge is 0.346 e. The predicted molar refractivity (Wildman–Crippen MR) is 253 cm³/mol. The Balaban J connectivity index is 1.23. The molecular weight excluding hydrogens is 769 g/mol. The molecule has 62 heavy (non-hydrogen) atoms. The third-order valence-electron chi connectivity index (χ3n) is 10.1. The summed E-state index contributed by atoms with van der Waals surface area (Å²) in [6, 6.07) is 51.7. The molecule has 0 amide bonds. The van der Waals surface area contributed by atoms with Gasteiger partial charge in [0.2, 0.25) is 0 Å². The molecular formula is C54H44N4O4. The lowest BCUT2D eigenvalue weighted by atomic mass is 10.1. The fourth-order valence-electron chi connectivity index (χ4n) is 6.64. The summed E-state index contributed by atoms with van der Waals surface area (Å²) in [6.45, 7) is 6.27. The number of hydrogen-bond acceptors (Lipinski definition) is 6. The molecule has 8 heteroatoms. The first-order chi connectivity index (χ1) is 30.2. The third-order valence-corrected chi connectivity index (χ3v) is 10.1. The summed E-state index contributed by atoms with van der Waals surface area (Å²) in [5.41, 5.74) is 10.9. The Labute approximate surface area is 362 Å². The number of nitriles is 2. The van der Waals surface area contributed by atoms with Crippen molar-refractivity contribution in [1.82, 2.24) is 0 Å². The van der Waals surface area contributed by atoms with Gasteiger partial charge in [-0.1, -0.05) is 134 Å². The van der Waals surface area contributed by atoms with E-state index in [9.17, 15) is 9.59 Å². The second-order valence-electron chi connectivity index (χ2n) is 14.2. The van der Waals surface area contributed by atoms with E-state index in [1.54, 1.807) is 36.4 Å². The van der Waals surface area contributed by atoms with Gasteiger partial charge in [-0.05, 0) is 119 Å². The van der Waals surface area contributed by atoms with E-state index < -0.39 is 11.9 Å². The van der Waals surface area contributed by atoms with Crippen LogP contribution in [-0.4, -0.2) is 35.2 Å². The fraction of sp³-hybridized carbons (Fsp3) is 0.0741. The summed E-state index contributed by atoms with van der Waals surface area (Å²) >= 11 is 0. The van der Waals surface area contributed by atoms with Gasteiger partial charge in [-0.2, -0.15) is 10.5 Å². The van der Waals surface area contributed by atoms with Gasteiger partial charge >= 0.3 is 11.9 Å². The maximum Gasteiger partial charge on any atom is 0.346 e. The Kier molecular flexibility index (Phi) is 14.6. The first kappa shape index (κ1) is 43.1. The molecule has 0 aliphatic heterocycles. The van der Waals surface area contributed by atoms with E-state index in [4.69, 9.17) is 20.7 Å². The number of carboxylic acid groups (broad SMARTS) is 2. The molecule has 0 aliphatic carbocycles. The zero-order valence-electron chi connectivity index (χ0n) is 34.4. The highest BCUT2D eigenvalue weighted by Gasteiger charge is 2.13. The normalized spacial score (nSPS) is 11.7. The van der Waals surface area contributed by atoms with E-state index in [0.717, 1.165) is 63.5 Å². The van der Waals surface area contributed by atoms with Gasteiger partial charge < -0.3 is 20.0 Å². The van der Waals surface area contributed by atoms with Crippen LogP contribution in [0.4, 0.5) is 22.7 Å². The summed E-state index contributed by atoms with van der Waals surface area (Å²) in [6.07, 6.45) is 14.9. The summed E-state index contributed by atoms with van der Waals surface area (Å²) in [5.74, 6) is -2.51. The highest BCUT2D eigenvalue weighted by atomic mass is 16.4. The van der Waals surface area contributed by atoms with E-state index in [1.807, 2.05) is 48.6 Å². The van der Waals surface area contributed by atoms with Gasteiger partial charge in [-0.3, -0.25) is 0 Å². The number of nitrogens with zero attached hydrogens (tertiary/aromatic N) is 4. The summed E-state index contributed by atoms with van der Waals surface area (Å²) in [4.78, 5) is 27.0. The lowest BCUT2D eigenvalue weighted by Gasteiger charge is -2.26. The second-order valence-corrected chi connectivity index (χ2v) is 14.2. The van der Waals surface area contributed by atoms with Gasteiger partial charge in [0.25, 0.3) is 0 Å². The Morgan fingerprint density at radius 3 is 0.871 bits per heavy atom. The van der Waals surface area contributed by atoms with Crippen LogP contribution in [0.2, 0.25) is 0 Å². The van der Waals surface area contributed by atoms with Crippen molar-refractivity contribution in [2.24, 2.45) is 0 Å². The van der Waals surface area contributed by atoms with E-state index in [0.29, 0.717) is 11.1 Å². The number of aliphatic carboxylic acids is 2. The van der Waals surface area contributed by atoms with Gasteiger partial charge in [0.1, 0.15) is 23.3 Å². The van der Waals surface area contributed by atoms with Crippen molar-refractivity contribution >= 4 is 83.3 Å². The van der Waals surface area contributed by atoms with E-state index >= 15 is 0 Å². The van der Waals surface area contributed by atoms with Crippen molar-refractivity contribution < 1.29 is 19.8 Å². The van der Waals surface area contributed by atoms with E-state index in [2.05, 4.69) is 133 Å². The summed E-state index contributed by atoms with van der Waals surface area (Å²) < 4.78 is 0. The second kappa shape index (κ2) is 21.0. The van der Waals surface area contributed by atoms with Crippen LogP contribution in [-0.2, 0) is 9.59 Å². The Hall–Kier alpha value is -8.46. The zero-order valence-corrected chi connectivity index (χ0v) is 34.4. The van der Waals surface area contributed by atoms with Gasteiger partial charge in [0.05, 0.1) is 0 Å². The molecule has 0 radical (unpaired) electrons. The molecule has 0 saturated carbocycles. The highest BCUT2D eigenvalue weighted by molar-refractivity contribution is 5.97. The molecule has 0 aliphatic rings. The van der Waals surface area contributed by atoms with Crippen LogP contribution in [0.3, 0.4) is 0 Å². The van der Waals surface area contributed by atoms with Crippen LogP contribution < -0.4 is 9.80 Å². The first-order valence-electron chi connectivity index (χ1n) is 20.1. The first-order valence-corrected chi connectivity index (χ1v) is 20.1. The van der Waals surface area contributed by atoms with Crippen LogP contribution in [0, 0.1) is 22.7 Å². The van der Waals surface area contributed by atoms with Gasteiger partial charge in [-0.25, -0.2) is 9.59 Å². The number of anilines is 4. The van der Waals surface area contributed by atoms with Gasteiger partial charge in [0.15, 0.2) is 0 Å². The van der Waals surface area contributed by atoms with Crippen molar-refractivity contribution in [2.45, 2.75) is 13.8 Å². The minimum atomic E-state index is -1.26. The number of carboxylic acids is 2. The van der Waals surface area contributed by atoms with Crippen molar-refractivity contribution in [3.8, 4) is 12.1 Å². The molecule has 0 aromatic heterocycles. The van der Waals surface area contributed by atoms with Crippen molar-refractivity contribution in [1.29, 1.82) is 10.5 Å². The van der Waals surface area contributed by atoms with Crippen LogP contribution in [0.25, 0.3) is 48.6 Å². The molecule has 0 bridgehead atoms. The molecule has 304 valence electrons. The van der Waals surface area contributed by atoms with E-state index in [-0.39, 0.29) is 11.1 Å². The van der Waals surface area contributed by atoms with Crippen molar-refractivity contribution in [3.63, 3.8) is 0 Å². The van der Waals surface area contributed by atoms with Gasteiger partial charge in [-0.15, -0.1) is 0 Å². The summed E-state index contributed by atoms with van der Waals surface area (Å²) in [5, 5.41) is 36.5. The van der Waals surface area contributed by atoms with Crippen LogP contribution in [0.1, 0.15) is 58.4 Å². The van der Waals surface area contributed by atoms with Crippen LogP contribution >= 0.6 is 0 Å². The number of rotatable bonds is 16. The topological polar surface area (TPSA) is 129 Å². The molecule has 0 spiro atoms. The zero-order chi connectivity index (χ0) is 43.8. The lowest BCUT2D eigenvalue weighted by molar-refractivity contribution is -0.133. The van der Waals surface area contributed by atoms with Crippen molar-refractivity contribution in [3.05, 3.63) is 201 Å². The standard InChI is InChI=1S/C54H44N4O4/c1-3-57(4-2)49-27-19-41(20-28-49)9-10-44-25-33-52(34-26-44)58(50-29-21-42(22-30-50)7-5-39-11-15-45(16-12-39)35-47(37-55)53(59)60)51-31-23-43(24-32-51)8-6-40-13-17-46(18-14-40)36-48(38-56)54(61)62/h5-36H,3-4H2,1-2H3,(H,59,60)(H,61,62)/b7-5+,8-6+,10-9+,47-35+,48-36+. The minimum absolute atomic E-state index is 0.318. The number of benzene rings is 6. The van der Waals surface area contributed by atoms with Crippen molar-refractivity contribution in [2.75, 3.05) is 22.9 Å². The average molecular weight is 813 g/mol. The minimum Gasteiger partial charge on any atom is -0.477 e.